The first-order valence-corrected chi connectivity index (χ1v) is 5.86. The molecule has 0 aliphatic carbocycles. The SMILES string of the molecule is [N-]=[N+]=NCC=Cc1ccc(-c2ccc(O)cc2)cc1. The van der Waals surface area contributed by atoms with E-state index in [1.807, 2.05) is 48.6 Å². The number of rotatable bonds is 4. The van der Waals surface area contributed by atoms with Gasteiger partial charge in [0.1, 0.15) is 5.75 Å². The summed E-state index contributed by atoms with van der Waals surface area (Å²) in [5, 5.41) is 12.7. The molecule has 0 fully saturated rings. The van der Waals surface area contributed by atoms with Crippen molar-refractivity contribution >= 4 is 6.08 Å². The van der Waals surface area contributed by atoms with Crippen molar-refractivity contribution in [3.8, 4) is 16.9 Å². The molecule has 0 aromatic heterocycles. The molecule has 1 N–H and O–H groups in total. The molecule has 2 rings (SSSR count). The number of hydrogen-bond acceptors (Lipinski definition) is 2. The van der Waals surface area contributed by atoms with E-state index in [2.05, 4.69) is 10.0 Å². The van der Waals surface area contributed by atoms with Gasteiger partial charge < -0.3 is 5.11 Å². The molecular weight excluding hydrogens is 238 g/mol. The number of aromatic hydroxyl groups is 1. The van der Waals surface area contributed by atoms with Crippen molar-refractivity contribution in [3.63, 3.8) is 0 Å². The smallest absolute Gasteiger partial charge is 0.115 e. The van der Waals surface area contributed by atoms with Gasteiger partial charge in [0.2, 0.25) is 0 Å². The van der Waals surface area contributed by atoms with Crippen LogP contribution in [-0.4, -0.2) is 11.7 Å². The highest BCUT2D eigenvalue weighted by molar-refractivity contribution is 5.66. The molecule has 0 saturated carbocycles. The minimum absolute atomic E-state index is 0.265. The second-order valence-electron chi connectivity index (χ2n) is 3.98. The topological polar surface area (TPSA) is 69.0 Å². The Balaban J connectivity index is 2.12. The van der Waals surface area contributed by atoms with E-state index in [0.717, 1.165) is 16.7 Å². The molecule has 4 heteroatoms. The van der Waals surface area contributed by atoms with Gasteiger partial charge in [0.25, 0.3) is 0 Å². The summed E-state index contributed by atoms with van der Waals surface area (Å²) in [6, 6.07) is 15.1. The molecule has 94 valence electrons. The summed E-state index contributed by atoms with van der Waals surface area (Å²) in [7, 11) is 0. The third kappa shape index (κ3) is 3.63. The van der Waals surface area contributed by atoms with E-state index in [9.17, 15) is 5.11 Å². The zero-order chi connectivity index (χ0) is 13.5. The van der Waals surface area contributed by atoms with Gasteiger partial charge in [-0.25, -0.2) is 0 Å². The van der Waals surface area contributed by atoms with Crippen LogP contribution in [0, 0.1) is 0 Å². The van der Waals surface area contributed by atoms with Crippen LogP contribution in [0.2, 0.25) is 0 Å². The lowest BCUT2D eigenvalue weighted by Crippen LogP contribution is -1.78. The van der Waals surface area contributed by atoms with Crippen molar-refractivity contribution < 1.29 is 5.11 Å². The van der Waals surface area contributed by atoms with E-state index in [1.54, 1.807) is 12.1 Å². The van der Waals surface area contributed by atoms with E-state index < -0.39 is 0 Å². The van der Waals surface area contributed by atoms with Crippen LogP contribution in [0.4, 0.5) is 0 Å². The van der Waals surface area contributed by atoms with Gasteiger partial charge in [0, 0.05) is 11.5 Å². The highest BCUT2D eigenvalue weighted by atomic mass is 16.3. The molecule has 0 bridgehead atoms. The Morgan fingerprint density at radius 3 is 2.16 bits per heavy atom. The Morgan fingerprint density at radius 1 is 1.00 bits per heavy atom. The Hall–Kier alpha value is -2.71. The molecule has 0 aliphatic heterocycles. The molecule has 2 aromatic carbocycles. The van der Waals surface area contributed by atoms with Crippen LogP contribution >= 0.6 is 0 Å². The minimum atomic E-state index is 0.265. The average Bonchev–Trinajstić information content (AvgIpc) is 2.45. The van der Waals surface area contributed by atoms with Crippen molar-refractivity contribution in [1.29, 1.82) is 0 Å². The fourth-order valence-electron chi connectivity index (χ4n) is 1.71. The summed E-state index contributed by atoms with van der Waals surface area (Å²) in [6.07, 6.45) is 3.73. The van der Waals surface area contributed by atoms with Crippen LogP contribution in [0.3, 0.4) is 0 Å². The zero-order valence-electron chi connectivity index (χ0n) is 10.3. The first-order valence-electron chi connectivity index (χ1n) is 5.86. The van der Waals surface area contributed by atoms with Crippen LogP contribution < -0.4 is 0 Å². The van der Waals surface area contributed by atoms with E-state index in [0.29, 0.717) is 6.54 Å². The molecule has 0 spiro atoms. The highest BCUT2D eigenvalue weighted by Gasteiger charge is 1.97. The monoisotopic (exact) mass is 251 g/mol. The van der Waals surface area contributed by atoms with E-state index >= 15 is 0 Å². The van der Waals surface area contributed by atoms with Crippen molar-refractivity contribution in [2.45, 2.75) is 0 Å². The minimum Gasteiger partial charge on any atom is -0.508 e. The number of phenolic OH excluding ortho intramolecular Hbond substituents is 1. The van der Waals surface area contributed by atoms with Crippen molar-refractivity contribution in [2.75, 3.05) is 6.54 Å². The van der Waals surface area contributed by atoms with Crippen LogP contribution in [0.1, 0.15) is 5.56 Å². The molecule has 0 radical (unpaired) electrons. The Labute approximate surface area is 111 Å². The summed E-state index contributed by atoms with van der Waals surface area (Å²) in [6.45, 7) is 0.357. The molecule has 0 aliphatic rings. The highest BCUT2D eigenvalue weighted by Crippen LogP contribution is 2.22. The maximum atomic E-state index is 9.25. The molecular formula is C15H13N3O. The predicted molar refractivity (Wildman–Crippen MR) is 76.6 cm³/mol. The lowest BCUT2D eigenvalue weighted by atomic mass is 10.0. The second-order valence-corrected chi connectivity index (χ2v) is 3.98. The van der Waals surface area contributed by atoms with E-state index in [4.69, 9.17) is 5.53 Å². The fourth-order valence-corrected chi connectivity index (χ4v) is 1.71. The maximum absolute atomic E-state index is 9.25. The Kier molecular flexibility index (Phi) is 4.21. The molecule has 0 unspecified atom stereocenters. The maximum Gasteiger partial charge on any atom is 0.115 e. The number of phenols is 1. The number of benzene rings is 2. The van der Waals surface area contributed by atoms with Gasteiger partial charge in [-0.2, -0.15) is 0 Å². The summed E-state index contributed by atoms with van der Waals surface area (Å²) in [5.41, 5.74) is 11.4. The van der Waals surface area contributed by atoms with Gasteiger partial charge in [-0.15, -0.1) is 0 Å². The average molecular weight is 251 g/mol. The third-order valence-electron chi connectivity index (χ3n) is 2.67. The van der Waals surface area contributed by atoms with Gasteiger partial charge in [0.05, 0.1) is 0 Å². The van der Waals surface area contributed by atoms with E-state index in [-0.39, 0.29) is 5.75 Å². The molecule has 2 aromatic rings. The summed E-state index contributed by atoms with van der Waals surface area (Å²) < 4.78 is 0. The number of hydrogen-bond donors (Lipinski definition) is 1. The summed E-state index contributed by atoms with van der Waals surface area (Å²) in [4.78, 5) is 2.68. The quantitative estimate of drug-likeness (QED) is 0.489. The number of nitrogens with zero attached hydrogens (tertiary/aromatic N) is 3. The van der Waals surface area contributed by atoms with Crippen molar-refractivity contribution in [1.82, 2.24) is 0 Å². The Morgan fingerprint density at radius 2 is 1.58 bits per heavy atom. The molecule has 0 amide bonds. The zero-order valence-corrected chi connectivity index (χ0v) is 10.3. The second kappa shape index (κ2) is 6.28. The molecule has 4 nitrogen and oxygen atoms in total. The largest absolute Gasteiger partial charge is 0.508 e. The van der Waals surface area contributed by atoms with Gasteiger partial charge in [-0.05, 0) is 34.4 Å². The molecule has 0 atom stereocenters. The standard InChI is InChI=1S/C15H13N3O/c16-18-17-11-1-2-12-3-5-13(6-4-12)14-7-9-15(19)10-8-14/h1-10,19H,11H2. The van der Waals surface area contributed by atoms with Crippen LogP contribution in [0.25, 0.3) is 27.6 Å². The molecule has 0 saturated heterocycles. The first kappa shape index (κ1) is 12.7. The normalized spacial score (nSPS) is 10.3. The number of azide groups is 1. The van der Waals surface area contributed by atoms with E-state index in [1.165, 1.54) is 0 Å². The lowest BCUT2D eigenvalue weighted by Gasteiger charge is -2.02. The van der Waals surface area contributed by atoms with Crippen LogP contribution in [0.5, 0.6) is 5.75 Å². The van der Waals surface area contributed by atoms with Gasteiger partial charge in [-0.1, -0.05) is 53.7 Å². The Bertz CT molecular complexity index is 609. The fraction of sp³-hybridized carbons (Fsp3) is 0.0667. The van der Waals surface area contributed by atoms with Crippen molar-refractivity contribution in [3.05, 3.63) is 70.6 Å². The van der Waals surface area contributed by atoms with Gasteiger partial charge >= 0.3 is 0 Å². The summed E-state index contributed by atoms with van der Waals surface area (Å²) in [5.74, 6) is 0.265. The lowest BCUT2D eigenvalue weighted by molar-refractivity contribution is 0.475. The summed E-state index contributed by atoms with van der Waals surface area (Å²) >= 11 is 0. The van der Waals surface area contributed by atoms with Crippen molar-refractivity contribution in [2.24, 2.45) is 5.11 Å². The van der Waals surface area contributed by atoms with Gasteiger partial charge in [-0.3, -0.25) is 0 Å². The molecule has 19 heavy (non-hydrogen) atoms. The third-order valence-corrected chi connectivity index (χ3v) is 2.67. The predicted octanol–water partition coefficient (Wildman–Crippen LogP) is 4.38. The first-order chi connectivity index (χ1) is 9.29. The van der Waals surface area contributed by atoms with Crippen LogP contribution in [0.15, 0.2) is 59.7 Å². The van der Waals surface area contributed by atoms with Crippen LogP contribution in [-0.2, 0) is 0 Å². The van der Waals surface area contributed by atoms with Gasteiger partial charge in [0.15, 0.2) is 0 Å². The molecule has 0 heterocycles.